The van der Waals surface area contributed by atoms with Gasteiger partial charge in [-0.2, -0.15) is 5.10 Å². The van der Waals surface area contributed by atoms with Gasteiger partial charge in [-0.05, 0) is 54.2 Å². The standard InChI is InChI=1S/C31H31N5O2/c1-21(2)17-27-20-29(31-34-33-22(3)38-31)35-36(27)26-16-10-15-25(19-26)30(37)32-28(24-13-8-5-9-14-24)18-23-11-6-4-7-12-23/h4-16,19-21,28H,17-18H2,1-3H3,(H,32,37). The quantitative estimate of drug-likeness (QED) is 0.260. The number of nitrogens with zero attached hydrogens (tertiary/aromatic N) is 4. The van der Waals surface area contributed by atoms with Gasteiger partial charge in [0.15, 0.2) is 0 Å². The molecule has 0 spiro atoms. The minimum Gasteiger partial charge on any atom is -0.420 e. The lowest BCUT2D eigenvalue weighted by Gasteiger charge is -2.20. The van der Waals surface area contributed by atoms with E-state index < -0.39 is 0 Å². The number of rotatable bonds is 9. The van der Waals surface area contributed by atoms with Crippen molar-refractivity contribution in [1.82, 2.24) is 25.3 Å². The largest absolute Gasteiger partial charge is 0.420 e. The highest BCUT2D eigenvalue weighted by molar-refractivity contribution is 5.95. The van der Waals surface area contributed by atoms with Crippen molar-refractivity contribution in [3.8, 4) is 17.3 Å². The molecule has 0 aliphatic heterocycles. The number of hydrogen-bond donors (Lipinski definition) is 1. The van der Waals surface area contributed by atoms with Gasteiger partial charge in [-0.15, -0.1) is 10.2 Å². The summed E-state index contributed by atoms with van der Waals surface area (Å²) in [6.07, 6.45) is 1.50. The van der Waals surface area contributed by atoms with E-state index in [2.05, 4.69) is 41.5 Å². The van der Waals surface area contributed by atoms with Gasteiger partial charge in [-0.3, -0.25) is 4.79 Å². The van der Waals surface area contributed by atoms with E-state index in [0.29, 0.717) is 35.4 Å². The van der Waals surface area contributed by atoms with E-state index in [1.165, 1.54) is 0 Å². The fourth-order valence-electron chi connectivity index (χ4n) is 4.52. The Morgan fingerprint density at radius 1 is 0.895 bits per heavy atom. The molecule has 0 saturated carbocycles. The van der Waals surface area contributed by atoms with Gasteiger partial charge < -0.3 is 9.73 Å². The Balaban J connectivity index is 1.44. The second-order valence-electron chi connectivity index (χ2n) is 9.83. The summed E-state index contributed by atoms with van der Waals surface area (Å²) >= 11 is 0. The van der Waals surface area contributed by atoms with Crippen molar-refractivity contribution in [2.24, 2.45) is 5.92 Å². The summed E-state index contributed by atoms with van der Waals surface area (Å²) in [5.41, 5.74) is 5.21. The first-order valence-corrected chi connectivity index (χ1v) is 12.9. The molecule has 0 bridgehead atoms. The second-order valence-corrected chi connectivity index (χ2v) is 9.83. The molecule has 0 fully saturated rings. The SMILES string of the molecule is Cc1nnc(-c2cc(CC(C)C)n(-c3cccc(C(=O)NC(Cc4ccccc4)c4ccccc4)c3)n2)o1. The Kier molecular flexibility index (Phi) is 7.45. The lowest BCUT2D eigenvalue weighted by atomic mass is 9.98. The number of hydrogen-bond acceptors (Lipinski definition) is 5. The Morgan fingerprint density at radius 2 is 1.63 bits per heavy atom. The first-order valence-electron chi connectivity index (χ1n) is 12.9. The highest BCUT2D eigenvalue weighted by Gasteiger charge is 2.19. The topological polar surface area (TPSA) is 85.8 Å². The minimum atomic E-state index is -0.164. The zero-order valence-corrected chi connectivity index (χ0v) is 21.8. The highest BCUT2D eigenvalue weighted by atomic mass is 16.4. The molecule has 1 unspecified atom stereocenters. The Labute approximate surface area is 222 Å². The molecular formula is C31H31N5O2. The van der Waals surface area contributed by atoms with Crippen LogP contribution in [0, 0.1) is 12.8 Å². The van der Waals surface area contributed by atoms with Crippen LogP contribution in [0.3, 0.4) is 0 Å². The normalized spacial score (nSPS) is 12.0. The average molecular weight is 506 g/mol. The molecule has 0 aliphatic carbocycles. The lowest BCUT2D eigenvalue weighted by Crippen LogP contribution is -2.30. The van der Waals surface area contributed by atoms with Gasteiger partial charge in [-0.1, -0.05) is 80.6 Å². The second kappa shape index (κ2) is 11.3. The smallest absolute Gasteiger partial charge is 0.268 e. The van der Waals surface area contributed by atoms with Crippen LogP contribution >= 0.6 is 0 Å². The Hall–Kier alpha value is -4.52. The molecule has 1 N–H and O–H groups in total. The van der Waals surface area contributed by atoms with Gasteiger partial charge in [0.2, 0.25) is 5.89 Å². The highest BCUT2D eigenvalue weighted by Crippen LogP contribution is 2.24. The molecular weight excluding hydrogens is 474 g/mol. The molecule has 2 heterocycles. The maximum absolute atomic E-state index is 13.5. The van der Waals surface area contributed by atoms with Crippen molar-refractivity contribution in [1.29, 1.82) is 0 Å². The van der Waals surface area contributed by atoms with Gasteiger partial charge in [0.1, 0.15) is 5.69 Å². The number of carbonyl (C=O) groups is 1. The third-order valence-corrected chi connectivity index (χ3v) is 6.29. The predicted octanol–water partition coefficient (Wildman–Crippen LogP) is 6.14. The third kappa shape index (κ3) is 5.89. The summed E-state index contributed by atoms with van der Waals surface area (Å²) in [6, 6.07) is 29.6. The lowest BCUT2D eigenvalue weighted by molar-refractivity contribution is 0.0936. The summed E-state index contributed by atoms with van der Waals surface area (Å²) in [5.74, 6) is 1.15. The Morgan fingerprint density at radius 3 is 2.32 bits per heavy atom. The summed E-state index contributed by atoms with van der Waals surface area (Å²) in [7, 11) is 0. The summed E-state index contributed by atoms with van der Waals surface area (Å²) < 4.78 is 7.48. The molecule has 192 valence electrons. The van der Waals surface area contributed by atoms with E-state index in [1.807, 2.05) is 83.5 Å². The molecule has 0 saturated heterocycles. The molecule has 3 aromatic carbocycles. The van der Waals surface area contributed by atoms with Gasteiger partial charge in [0, 0.05) is 18.2 Å². The van der Waals surface area contributed by atoms with Crippen LogP contribution < -0.4 is 5.32 Å². The fourth-order valence-corrected chi connectivity index (χ4v) is 4.52. The summed E-state index contributed by atoms with van der Waals surface area (Å²) in [4.78, 5) is 13.5. The fraction of sp³-hybridized carbons (Fsp3) is 0.226. The van der Waals surface area contributed by atoms with Crippen LogP contribution in [0.25, 0.3) is 17.3 Å². The molecule has 5 aromatic rings. The van der Waals surface area contributed by atoms with Crippen molar-refractivity contribution in [2.75, 3.05) is 0 Å². The maximum Gasteiger partial charge on any atom is 0.268 e. The molecule has 38 heavy (non-hydrogen) atoms. The zero-order valence-electron chi connectivity index (χ0n) is 21.8. The van der Waals surface area contributed by atoms with Gasteiger partial charge in [0.25, 0.3) is 11.8 Å². The van der Waals surface area contributed by atoms with E-state index >= 15 is 0 Å². The third-order valence-electron chi connectivity index (χ3n) is 6.29. The number of nitrogens with one attached hydrogen (secondary N) is 1. The van der Waals surface area contributed by atoms with E-state index in [-0.39, 0.29) is 11.9 Å². The van der Waals surface area contributed by atoms with Crippen molar-refractivity contribution in [3.05, 3.63) is 119 Å². The molecule has 2 aromatic heterocycles. The molecule has 7 nitrogen and oxygen atoms in total. The van der Waals surface area contributed by atoms with Crippen molar-refractivity contribution < 1.29 is 9.21 Å². The summed E-state index contributed by atoms with van der Waals surface area (Å²) in [6.45, 7) is 6.08. The monoisotopic (exact) mass is 505 g/mol. The molecule has 1 atom stereocenters. The Bertz CT molecular complexity index is 1510. The zero-order chi connectivity index (χ0) is 26.5. The minimum absolute atomic E-state index is 0.137. The number of amides is 1. The summed E-state index contributed by atoms with van der Waals surface area (Å²) in [5, 5.41) is 16.1. The van der Waals surface area contributed by atoms with Gasteiger partial charge in [-0.25, -0.2) is 4.68 Å². The average Bonchev–Trinajstić information content (AvgIpc) is 3.55. The number of aromatic nitrogens is 4. The first-order chi connectivity index (χ1) is 18.5. The number of aryl methyl sites for hydroxylation is 1. The van der Waals surface area contributed by atoms with Gasteiger partial charge >= 0.3 is 0 Å². The predicted molar refractivity (Wildman–Crippen MR) is 147 cm³/mol. The molecule has 1 amide bonds. The van der Waals surface area contributed by atoms with Crippen LogP contribution in [0.2, 0.25) is 0 Å². The van der Waals surface area contributed by atoms with Crippen LogP contribution in [-0.2, 0) is 12.8 Å². The van der Waals surface area contributed by atoms with E-state index in [9.17, 15) is 4.79 Å². The maximum atomic E-state index is 13.5. The van der Waals surface area contributed by atoms with Crippen LogP contribution in [0.1, 0.15) is 53.0 Å². The van der Waals surface area contributed by atoms with Crippen LogP contribution in [-0.4, -0.2) is 25.9 Å². The van der Waals surface area contributed by atoms with E-state index in [0.717, 1.165) is 28.9 Å². The van der Waals surface area contributed by atoms with Crippen LogP contribution in [0.15, 0.2) is 95.4 Å². The number of carbonyl (C=O) groups excluding carboxylic acids is 1. The van der Waals surface area contributed by atoms with Crippen molar-refractivity contribution in [3.63, 3.8) is 0 Å². The van der Waals surface area contributed by atoms with Gasteiger partial charge in [0.05, 0.1) is 11.7 Å². The molecule has 5 rings (SSSR count). The van der Waals surface area contributed by atoms with Crippen LogP contribution in [0.5, 0.6) is 0 Å². The first kappa shape index (κ1) is 25.1. The molecule has 7 heteroatoms. The molecule has 0 radical (unpaired) electrons. The van der Waals surface area contributed by atoms with E-state index in [1.54, 1.807) is 6.92 Å². The van der Waals surface area contributed by atoms with Crippen molar-refractivity contribution in [2.45, 2.75) is 39.7 Å². The number of benzene rings is 3. The van der Waals surface area contributed by atoms with Crippen molar-refractivity contribution >= 4 is 5.91 Å². The van der Waals surface area contributed by atoms with Crippen LogP contribution in [0.4, 0.5) is 0 Å². The van der Waals surface area contributed by atoms with E-state index in [4.69, 9.17) is 9.52 Å². The molecule has 0 aliphatic rings.